The molecule has 16 heavy (non-hydrogen) atoms. The lowest BCUT2D eigenvalue weighted by atomic mass is 9.86. The number of alkyl halides is 3. The first-order valence-electron chi connectivity index (χ1n) is 4.64. The zero-order chi connectivity index (χ0) is 12.8. The Hall–Kier alpha value is -1.11. The van der Waals surface area contributed by atoms with E-state index in [1.807, 2.05) is 0 Å². The van der Waals surface area contributed by atoms with E-state index in [9.17, 15) is 23.1 Å². The molecule has 0 aromatic rings. The molecule has 0 bridgehead atoms. The summed E-state index contributed by atoms with van der Waals surface area (Å²) in [6, 6.07) is 0. The molecule has 1 aliphatic heterocycles. The molecule has 92 valence electrons. The fraction of sp³-hybridized carbons (Fsp3) is 0.778. The largest absolute Gasteiger partial charge is 0.438 e. The smallest absolute Gasteiger partial charge is 0.362 e. The summed E-state index contributed by atoms with van der Waals surface area (Å²) in [5, 5.41) is 13.0. The Bertz CT molecular complexity index is 333. The van der Waals surface area contributed by atoms with Crippen molar-refractivity contribution in [1.82, 2.24) is 5.01 Å². The number of hydrogen-bond acceptors (Lipinski definition) is 3. The van der Waals surface area contributed by atoms with Crippen molar-refractivity contribution < 1.29 is 23.1 Å². The number of aliphatic hydroxyl groups is 1. The summed E-state index contributed by atoms with van der Waals surface area (Å²) in [6.07, 6.45) is -5.75. The van der Waals surface area contributed by atoms with Crippen LogP contribution in [-0.2, 0) is 4.79 Å². The Labute approximate surface area is 90.7 Å². The van der Waals surface area contributed by atoms with Gasteiger partial charge in [0.15, 0.2) is 0 Å². The highest BCUT2D eigenvalue weighted by atomic mass is 19.4. The number of carbonyl (C=O) groups excluding carboxylic acids is 1. The average molecular weight is 238 g/mol. The second-order valence-corrected chi connectivity index (χ2v) is 4.74. The van der Waals surface area contributed by atoms with Crippen LogP contribution in [0.3, 0.4) is 0 Å². The highest BCUT2D eigenvalue weighted by Gasteiger charge is 2.62. The van der Waals surface area contributed by atoms with Gasteiger partial charge in [-0.2, -0.15) is 23.3 Å². The molecule has 0 saturated heterocycles. The molecule has 0 fully saturated rings. The van der Waals surface area contributed by atoms with Crippen LogP contribution in [0.1, 0.15) is 27.2 Å². The zero-order valence-electron chi connectivity index (χ0n) is 9.17. The third-order valence-corrected chi connectivity index (χ3v) is 2.44. The molecular formula is C9H13F3N2O2. The Morgan fingerprint density at radius 1 is 1.44 bits per heavy atom. The molecule has 0 aromatic carbocycles. The van der Waals surface area contributed by atoms with Gasteiger partial charge in [0, 0.05) is 17.5 Å². The summed E-state index contributed by atoms with van der Waals surface area (Å²) in [7, 11) is 0. The highest BCUT2D eigenvalue weighted by Crippen LogP contribution is 2.42. The lowest BCUT2D eigenvalue weighted by Crippen LogP contribution is -2.54. The van der Waals surface area contributed by atoms with Crippen molar-refractivity contribution in [3.63, 3.8) is 0 Å². The molecule has 0 aliphatic carbocycles. The van der Waals surface area contributed by atoms with Crippen LogP contribution in [-0.4, -0.2) is 34.1 Å². The summed E-state index contributed by atoms with van der Waals surface area (Å²) < 4.78 is 37.9. The predicted molar refractivity (Wildman–Crippen MR) is 50.4 cm³/mol. The van der Waals surface area contributed by atoms with Gasteiger partial charge in [-0.25, -0.2) is 0 Å². The normalized spacial score (nSPS) is 26.9. The van der Waals surface area contributed by atoms with Gasteiger partial charge in [0.05, 0.1) is 0 Å². The van der Waals surface area contributed by atoms with Crippen molar-refractivity contribution in [3.8, 4) is 0 Å². The maximum atomic E-state index is 12.6. The van der Waals surface area contributed by atoms with Crippen LogP contribution in [0.15, 0.2) is 5.10 Å². The minimum atomic E-state index is -4.93. The van der Waals surface area contributed by atoms with Gasteiger partial charge in [0.2, 0.25) is 6.41 Å². The van der Waals surface area contributed by atoms with Crippen molar-refractivity contribution in [2.75, 3.05) is 0 Å². The van der Waals surface area contributed by atoms with Crippen LogP contribution < -0.4 is 0 Å². The molecule has 0 unspecified atom stereocenters. The number of rotatable bonds is 1. The second kappa shape index (κ2) is 3.44. The first kappa shape index (κ1) is 13.0. The van der Waals surface area contributed by atoms with Crippen molar-refractivity contribution >= 4 is 12.1 Å². The lowest BCUT2D eigenvalue weighted by molar-refractivity contribution is -0.299. The van der Waals surface area contributed by atoms with E-state index in [1.165, 1.54) is 0 Å². The third kappa shape index (κ3) is 1.91. The van der Waals surface area contributed by atoms with Crippen LogP contribution in [0.5, 0.6) is 0 Å². The molecule has 0 aromatic heterocycles. The van der Waals surface area contributed by atoms with E-state index in [0.717, 1.165) is 0 Å². The summed E-state index contributed by atoms with van der Waals surface area (Å²) in [4.78, 5) is 10.5. The fourth-order valence-electron chi connectivity index (χ4n) is 1.32. The number of carbonyl (C=O) groups is 1. The lowest BCUT2D eigenvalue weighted by Gasteiger charge is -2.30. The van der Waals surface area contributed by atoms with E-state index in [0.29, 0.717) is 0 Å². The molecule has 1 aliphatic rings. The summed E-state index contributed by atoms with van der Waals surface area (Å²) in [5.74, 6) is 0. The zero-order valence-corrected chi connectivity index (χ0v) is 9.17. The second-order valence-electron chi connectivity index (χ2n) is 4.74. The number of amides is 1. The number of hydrogen-bond donors (Lipinski definition) is 1. The Balaban J connectivity index is 3.10. The third-order valence-electron chi connectivity index (χ3n) is 2.44. The number of hydrazone groups is 1. The molecule has 1 N–H and O–H groups in total. The van der Waals surface area contributed by atoms with E-state index in [4.69, 9.17) is 0 Å². The SMILES string of the molecule is CC(C)(C)C1=NN(C=O)[C@](O)(C(F)(F)F)C1. The molecule has 4 nitrogen and oxygen atoms in total. The summed E-state index contributed by atoms with van der Waals surface area (Å²) in [5.41, 5.74) is -3.70. The first-order chi connectivity index (χ1) is 7.02. The van der Waals surface area contributed by atoms with E-state index in [2.05, 4.69) is 5.10 Å². The van der Waals surface area contributed by atoms with Gasteiger partial charge < -0.3 is 5.11 Å². The van der Waals surface area contributed by atoms with Crippen molar-refractivity contribution in [2.24, 2.45) is 10.5 Å². The highest BCUT2D eigenvalue weighted by molar-refractivity contribution is 5.92. The van der Waals surface area contributed by atoms with Crippen LogP contribution in [0.4, 0.5) is 13.2 Å². The Morgan fingerprint density at radius 2 is 1.94 bits per heavy atom. The molecule has 1 amide bonds. The van der Waals surface area contributed by atoms with E-state index in [-0.39, 0.29) is 17.1 Å². The van der Waals surface area contributed by atoms with Gasteiger partial charge >= 0.3 is 6.18 Å². The monoisotopic (exact) mass is 238 g/mol. The van der Waals surface area contributed by atoms with Crippen LogP contribution >= 0.6 is 0 Å². The van der Waals surface area contributed by atoms with Crippen LogP contribution in [0.2, 0.25) is 0 Å². The predicted octanol–water partition coefficient (Wildman–Crippen LogP) is 1.50. The van der Waals surface area contributed by atoms with Gasteiger partial charge in [0.25, 0.3) is 5.72 Å². The minimum absolute atomic E-state index is 0.0353. The minimum Gasteiger partial charge on any atom is -0.362 e. The summed E-state index contributed by atoms with van der Waals surface area (Å²) >= 11 is 0. The molecule has 1 atom stereocenters. The fourth-order valence-corrected chi connectivity index (χ4v) is 1.32. The number of nitrogens with zero attached hydrogens (tertiary/aromatic N) is 2. The van der Waals surface area contributed by atoms with Crippen molar-refractivity contribution in [2.45, 2.75) is 39.1 Å². The first-order valence-corrected chi connectivity index (χ1v) is 4.64. The molecule has 0 saturated carbocycles. The van der Waals surface area contributed by atoms with Gasteiger partial charge in [-0.15, -0.1) is 0 Å². The quantitative estimate of drug-likeness (QED) is 0.704. The van der Waals surface area contributed by atoms with Gasteiger partial charge in [0.1, 0.15) is 0 Å². The van der Waals surface area contributed by atoms with Gasteiger partial charge in [-0.1, -0.05) is 20.8 Å². The maximum Gasteiger partial charge on any atom is 0.438 e. The molecular weight excluding hydrogens is 225 g/mol. The van der Waals surface area contributed by atoms with Crippen molar-refractivity contribution in [1.29, 1.82) is 0 Å². The molecule has 0 radical (unpaired) electrons. The summed E-state index contributed by atoms with van der Waals surface area (Å²) in [6.45, 7) is 4.99. The topological polar surface area (TPSA) is 52.9 Å². The van der Waals surface area contributed by atoms with Gasteiger partial charge in [-0.3, -0.25) is 4.79 Å². The molecule has 1 heterocycles. The average Bonchev–Trinajstić information content (AvgIpc) is 2.42. The Morgan fingerprint density at radius 3 is 2.19 bits per heavy atom. The maximum absolute atomic E-state index is 12.6. The van der Waals surface area contributed by atoms with Gasteiger partial charge in [-0.05, 0) is 0 Å². The van der Waals surface area contributed by atoms with E-state index in [1.54, 1.807) is 20.8 Å². The standard InChI is InChI=1S/C9H13F3N2O2/c1-7(2,3)6-4-8(16,9(10,11)12)14(5-15)13-6/h5,16H,4H2,1-3H3/t8-/m1/s1. The molecule has 1 rings (SSSR count). The number of halogens is 3. The van der Waals surface area contributed by atoms with E-state index >= 15 is 0 Å². The van der Waals surface area contributed by atoms with Crippen LogP contribution in [0, 0.1) is 5.41 Å². The van der Waals surface area contributed by atoms with E-state index < -0.39 is 23.7 Å². The Kier molecular flexibility index (Phi) is 2.79. The molecule has 0 spiro atoms. The molecule has 7 heteroatoms. The van der Waals surface area contributed by atoms with Crippen molar-refractivity contribution in [3.05, 3.63) is 0 Å². The van der Waals surface area contributed by atoms with Crippen LogP contribution in [0.25, 0.3) is 0 Å².